The van der Waals surface area contributed by atoms with E-state index in [1.165, 1.54) is 5.56 Å². The quantitative estimate of drug-likeness (QED) is 0.880. The van der Waals surface area contributed by atoms with Crippen LogP contribution in [0, 0.1) is 0 Å². The maximum Gasteiger partial charge on any atom is 0.257 e. The highest BCUT2D eigenvalue weighted by molar-refractivity contribution is 5.84. The van der Waals surface area contributed by atoms with Gasteiger partial charge in [0.1, 0.15) is 5.82 Å². The summed E-state index contributed by atoms with van der Waals surface area (Å²) < 4.78 is 0. The van der Waals surface area contributed by atoms with Crippen LogP contribution in [0.4, 0.5) is 5.82 Å². The second-order valence-corrected chi connectivity index (χ2v) is 7.33. The van der Waals surface area contributed by atoms with E-state index in [9.17, 15) is 4.79 Å². The molecule has 3 rings (SSSR count). The minimum absolute atomic E-state index is 0.00638. The lowest BCUT2D eigenvalue weighted by Crippen LogP contribution is -2.45. The molecule has 1 aliphatic heterocycles. The van der Waals surface area contributed by atoms with E-state index in [1.54, 1.807) is 0 Å². The number of hydrogen-bond donors (Lipinski definition) is 1. The fraction of sp³-hybridized carbons (Fsp3) is 0.500. The summed E-state index contributed by atoms with van der Waals surface area (Å²) in [7, 11) is 2.14. The predicted octanol–water partition coefficient (Wildman–Crippen LogP) is 2.58. The summed E-state index contributed by atoms with van der Waals surface area (Å²) in [5, 5.41) is 1.80. The lowest BCUT2D eigenvalue weighted by molar-refractivity contribution is 0.312. The number of piperazine rings is 1. The number of benzene rings is 1. The Morgan fingerprint density at radius 3 is 2.36 bits per heavy atom. The van der Waals surface area contributed by atoms with E-state index in [4.69, 9.17) is 0 Å². The van der Waals surface area contributed by atoms with E-state index in [-0.39, 0.29) is 11.0 Å². The molecule has 1 aromatic heterocycles. The highest BCUT2D eigenvalue weighted by Crippen LogP contribution is 2.26. The Kier molecular flexibility index (Phi) is 3.73. The largest absolute Gasteiger partial charge is 0.356 e. The number of pyridine rings is 1. The van der Waals surface area contributed by atoms with Crippen LogP contribution in [0.1, 0.15) is 26.3 Å². The third kappa shape index (κ3) is 2.88. The topological polar surface area (TPSA) is 39.3 Å². The number of nitrogens with zero attached hydrogens (tertiary/aromatic N) is 2. The van der Waals surface area contributed by atoms with Gasteiger partial charge in [-0.25, -0.2) is 0 Å². The highest BCUT2D eigenvalue weighted by atomic mass is 16.1. The molecular formula is C18H25N3O. The third-order valence-corrected chi connectivity index (χ3v) is 4.54. The van der Waals surface area contributed by atoms with Gasteiger partial charge in [0.2, 0.25) is 0 Å². The van der Waals surface area contributed by atoms with Crippen LogP contribution in [0.2, 0.25) is 0 Å². The Hall–Kier alpha value is -1.81. The van der Waals surface area contributed by atoms with Crippen LogP contribution in [-0.2, 0) is 5.41 Å². The second-order valence-electron chi connectivity index (χ2n) is 7.33. The van der Waals surface area contributed by atoms with Crippen LogP contribution in [0.3, 0.4) is 0 Å². The van der Waals surface area contributed by atoms with E-state index in [1.807, 2.05) is 6.07 Å². The van der Waals surface area contributed by atoms with Crippen LogP contribution in [0.15, 0.2) is 29.1 Å². The minimum Gasteiger partial charge on any atom is -0.356 e. The number of fused-ring (bicyclic) bond motifs is 1. The van der Waals surface area contributed by atoms with Crippen LogP contribution in [-0.4, -0.2) is 43.1 Å². The Morgan fingerprint density at radius 2 is 1.73 bits per heavy atom. The van der Waals surface area contributed by atoms with Crippen molar-refractivity contribution >= 4 is 16.6 Å². The smallest absolute Gasteiger partial charge is 0.257 e. The van der Waals surface area contributed by atoms with Gasteiger partial charge in [-0.2, -0.15) is 0 Å². The number of H-pyrrole nitrogens is 1. The molecule has 1 fully saturated rings. The Labute approximate surface area is 131 Å². The van der Waals surface area contributed by atoms with Crippen molar-refractivity contribution in [2.45, 2.75) is 26.2 Å². The van der Waals surface area contributed by atoms with Gasteiger partial charge in [0.25, 0.3) is 5.56 Å². The summed E-state index contributed by atoms with van der Waals surface area (Å²) in [6.45, 7) is 10.6. The van der Waals surface area contributed by atoms with Crippen LogP contribution in [0.5, 0.6) is 0 Å². The SMILES string of the molecule is CN1CCN(c2cc3cc(C(C)(C)C)ccc3c(=O)[nH]2)CC1. The first-order valence-electron chi connectivity index (χ1n) is 7.96. The van der Waals surface area contributed by atoms with Crippen molar-refractivity contribution < 1.29 is 0 Å². The fourth-order valence-corrected chi connectivity index (χ4v) is 2.94. The molecule has 2 heterocycles. The molecule has 0 amide bonds. The summed E-state index contributed by atoms with van der Waals surface area (Å²) in [6, 6.07) is 8.29. The molecule has 22 heavy (non-hydrogen) atoms. The van der Waals surface area contributed by atoms with Crippen LogP contribution in [0.25, 0.3) is 10.8 Å². The van der Waals surface area contributed by atoms with Crippen LogP contribution >= 0.6 is 0 Å². The van der Waals surface area contributed by atoms with E-state index in [2.05, 4.69) is 60.8 Å². The summed E-state index contributed by atoms with van der Waals surface area (Å²) in [6.07, 6.45) is 0. The first-order valence-corrected chi connectivity index (χ1v) is 7.96. The third-order valence-electron chi connectivity index (χ3n) is 4.54. The van der Waals surface area contributed by atoms with Gasteiger partial charge in [0, 0.05) is 31.6 Å². The summed E-state index contributed by atoms with van der Waals surface area (Å²) >= 11 is 0. The van der Waals surface area contributed by atoms with Gasteiger partial charge in [-0.15, -0.1) is 0 Å². The van der Waals surface area contributed by atoms with Crippen molar-refractivity contribution in [2.75, 3.05) is 38.1 Å². The number of anilines is 1. The molecule has 4 heteroatoms. The molecule has 0 saturated carbocycles. The van der Waals surface area contributed by atoms with Crippen LogP contribution < -0.4 is 10.5 Å². The number of likely N-dealkylation sites (N-methyl/N-ethyl adjacent to an activating group) is 1. The standard InChI is InChI=1S/C18H25N3O/c1-18(2,3)14-5-6-15-13(11-14)12-16(19-17(15)22)21-9-7-20(4)8-10-21/h5-6,11-12H,7-10H2,1-4H3,(H,19,22). The number of nitrogens with one attached hydrogen (secondary N) is 1. The fourth-order valence-electron chi connectivity index (χ4n) is 2.94. The first-order chi connectivity index (χ1) is 10.3. The van der Waals surface area contributed by atoms with Crippen molar-refractivity contribution in [1.29, 1.82) is 0 Å². The zero-order valence-corrected chi connectivity index (χ0v) is 13.9. The van der Waals surface area contributed by atoms with Gasteiger partial charge in [-0.05, 0) is 35.5 Å². The van der Waals surface area contributed by atoms with E-state index < -0.39 is 0 Å². The maximum atomic E-state index is 12.4. The van der Waals surface area contributed by atoms with Crippen molar-refractivity contribution in [3.63, 3.8) is 0 Å². The van der Waals surface area contributed by atoms with Crippen molar-refractivity contribution in [1.82, 2.24) is 9.88 Å². The van der Waals surface area contributed by atoms with E-state index in [0.717, 1.165) is 42.8 Å². The number of aromatic amines is 1. The highest BCUT2D eigenvalue weighted by Gasteiger charge is 2.17. The lowest BCUT2D eigenvalue weighted by atomic mass is 9.86. The molecule has 0 atom stereocenters. The van der Waals surface area contributed by atoms with E-state index in [0.29, 0.717) is 0 Å². The van der Waals surface area contributed by atoms with Gasteiger partial charge in [-0.1, -0.05) is 32.9 Å². The number of rotatable bonds is 1. The molecule has 118 valence electrons. The first kappa shape index (κ1) is 15.1. The molecule has 1 aliphatic rings. The molecule has 1 saturated heterocycles. The zero-order chi connectivity index (χ0) is 15.9. The van der Waals surface area contributed by atoms with Gasteiger partial charge in [0.15, 0.2) is 0 Å². The Bertz CT molecular complexity index is 734. The number of hydrogen-bond acceptors (Lipinski definition) is 3. The summed E-state index contributed by atoms with van der Waals surface area (Å²) in [5.74, 6) is 0.941. The van der Waals surface area contributed by atoms with Gasteiger partial charge in [-0.3, -0.25) is 4.79 Å². The van der Waals surface area contributed by atoms with Crippen molar-refractivity contribution in [3.05, 3.63) is 40.2 Å². The van der Waals surface area contributed by atoms with Crippen molar-refractivity contribution in [3.8, 4) is 0 Å². The molecule has 0 radical (unpaired) electrons. The van der Waals surface area contributed by atoms with E-state index >= 15 is 0 Å². The molecule has 2 aromatic rings. The number of aromatic nitrogens is 1. The minimum atomic E-state index is 0.00638. The predicted molar refractivity (Wildman–Crippen MR) is 93.0 cm³/mol. The molecule has 4 nitrogen and oxygen atoms in total. The zero-order valence-electron chi connectivity index (χ0n) is 13.9. The molecule has 1 N–H and O–H groups in total. The Morgan fingerprint density at radius 1 is 1.05 bits per heavy atom. The van der Waals surface area contributed by atoms with Crippen molar-refractivity contribution in [2.24, 2.45) is 0 Å². The average molecular weight is 299 g/mol. The molecule has 1 aromatic carbocycles. The van der Waals surface area contributed by atoms with Gasteiger partial charge < -0.3 is 14.8 Å². The molecule has 0 bridgehead atoms. The summed E-state index contributed by atoms with van der Waals surface area (Å²) in [4.78, 5) is 20.0. The molecule has 0 aliphatic carbocycles. The Balaban J connectivity index is 2.04. The monoisotopic (exact) mass is 299 g/mol. The normalized spacial score (nSPS) is 17.2. The van der Waals surface area contributed by atoms with Gasteiger partial charge in [0.05, 0.1) is 0 Å². The van der Waals surface area contributed by atoms with Gasteiger partial charge >= 0.3 is 0 Å². The maximum absolute atomic E-state index is 12.4. The molecule has 0 unspecified atom stereocenters. The lowest BCUT2D eigenvalue weighted by Gasteiger charge is -2.33. The second kappa shape index (κ2) is 5.43. The molecule has 0 spiro atoms. The summed E-state index contributed by atoms with van der Waals surface area (Å²) in [5.41, 5.74) is 1.35. The average Bonchev–Trinajstić information content (AvgIpc) is 2.46. The molecular weight excluding hydrogens is 274 g/mol.